The van der Waals surface area contributed by atoms with Crippen LogP contribution in [0.5, 0.6) is 0 Å². The highest BCUT2D eigenvalue weighted by Crippen LogP contribution is 2.29. The van der Waals surface area contributed by atoms with Crippen LogP contribution in [0.1, 0.15) is 11.1 Å². The minimum Gasteiger partial charge on any atom is -0.276 e. The van der Waals surface area contributed by atoms with Gasteiger partial charge in [-0.25, -0.2) is 8.42 Å². The van der Waals surface area contributed by atoms with E-state index >= 15 is 0 Å². The molecule has 0 saturated carbocycles. The van der Waals surface area contributed by atoms with Gasteiger partial charge in [0, 0.05) is 16.2 Å². The maximum absolute atomic E-state index is 11.4. The van der Waals surface area contributed by atoms with Crippen molar-refractivity contribution in [2.45, 2.75) is 18.7 Å². The first-order chi connectivity index (χ1) is 7.89. The number of benzene rings is 1. The number of aromatic nitrogens is 2. The van der Waals surface area contributed by atoms with Gasteiger partial charge in [-0.3, -0.25) is 5.10 Å². The minimum absolute atomic E-state index is 0.00567. The van der Waals surface area contributed by atoms with E-state index in [1.807, 2.05) is 32.0 Å². The van der Waals surface area contributed by atoms with Gasteiger partial charge < -0.3 is 0 Å². The Balaban J connectivity index is 2.66. The van der Waals surface area contributed by atoms with Crippen LogP contribution in [0, 0.1) is 13.8 Å². The Morgan fingerprint density at radius 3 is 2.59 bits per heavy atom. The predicted octanol–water partition coefficient (Wildman–Crippen LogP) is 2.62. The molecular formula is C11H11ClN2O2S. The summed E-state index contributed by atoms with van der Waals surface area (Å²) in [7, 11) is 1.56. The zero-order valence-electron chi connectivity index (χ0n) is 9.36. The molecule has 0 unspecified atom stereocenters. The number of halogens is 1. The van der Waals surface area contributed by atoms with E-state index in [2.05, 4.69) is 10.2 Å². The zero-order valence-corrected chi connectivity index (χ0v) is 10.9. The van der Waals surface area contributed by atoms with E-state index < -0.39 is 9.05 Å². The molecule has 90 valence electrons. The largest absolute Gasteiger partial charge is 0.276 e. The van der Waals surface area contributed by atoms with Gasteiger partial charge in [0.25, 0.3) is 9.05 Å². The van der Waals surface area contributed by atoms with Crippen molar-refractivity contribution in [1.82, 2.24) is 10.2 Å². The fourth-order valence-electron chi connectivity index (χ4n) is 1.75. The van der Waals surface area contributed by atoms with E-state index in [9.17, 15) is 8.42 Å². The first kappa shape index (κ1) is 12.1. The molecule has 0 atom stereocenters. The van der Waals surface area contributed by atoms with Crippen molar-refractivity contribution in [3.05, 3.63) is 35.5 Å². The van der Waals surface area contributed by atoms with Crippen molar-refractivity contribution < 1.29 is 8.42 Å². The molecule has 0 fully saturated rings. The number of aromatic amines is 1. The molecule has 1 aromatic heterocycles. The van der Waals surface area contributed by atoms with Crippen molar-refractivity contribution in [2.24, 2.45) is 0 Å². The van der Waals surface area contributed by atoms with Crippen LogP contribution in [-0.2, 0) is 9.05 Å². The lowest BCUT2D eigenvalue weighted by atomic mass is 10.0. The zero-order chi connectivity index (χ0) is 12.6. The third-order valence-electron chi connectivity index (χ3n) is 2.52. The summed E-state index contributed by atoms with van der Waals surface area (Å²) in [6, 6.07) is 5.73. The Hall–Kier alpha value is -1.33. The van der Waals surface area contributed by atoms with E-state index in [0.717, 1.165) is 16.7 Å². The van der Waals surface area contributed by atoms with Crippen LogP contribution < -0.4 is 0 Å². The summed E-state index contributed by atoms with van der Waals surface area (Å²) in [6.07, 6.45) is 1.22. The van der Waals surface area contributed by atoms with Gasteiger partial charge >= 0.3 is 0 Å². The second kappa shape index (κ2) is 4.16. The van der Waals surface area contributed by atoms with E-state index in [1.54, 1.807) is 0 Å². The number of aryl methyl sites for hydroxylation is 2. The Kier molecular flexibility index (Phi) is 2.97. The number of hydrogen-bond donors (Lipinski definition) is 1. The van der Waals surface area contributed by atoms with Gasteiger partial charge in [0.2, 0.25) is 0 Å². The summed E-state index contributed by atoms with van der Waals surface area (Å²) in [5.74, 6) is 0. The van der Waals surface area contributed by atoms with Crippen molar-refractivity contribution in [3.8, 4) is 11.3 Å². The lowest BCUT2D eigenvalue weighted by Crippen LogP contribution is -1.93. The third kappa shape index (κ3) is 2.35. The molecule has 0 saturated heterocycles. The predicted molar refractivity (Wildman–Crippen MR) is 66.5 cm³/mol. The fraction of sp³-hybridized carbons (Fsp3) is 0.182. The monoisotopic (exact) mass is 270 g/mol. The average Bonchev–Trinajstić information content (AvgIpc) is 2.65. The number of H-pyrrole nitrogens is 1. The topological polar surface area (TPSA) is 62.8 Å². The van der Waals surface area contributed by atoms with Crippen LogP contribution in [0.4, 0.5) is 0 Å². The van der Waals surface area contributed by atoms with Crippen LogP contribution in [0.15, 0.2) is 29.3 Å². The molecule has 1 N–H and O–H groups in total. The quantitative estimate of drug-likeness (QED) is 0.853. The molecule has 0 spiro atoms. The number of nitrogens with zero attached hydrogens (tertiary/aromatic N) is 1. The van der Waals surface area contributed by atoms with Crippen molar-refractivity contribution in [3.63, 3.8) is 0 Å². The van der Waals surface area contributed by atoms with Crippen LogP contribution in [0.3, 0.4) is 0 Å². The van der Waals surface area contributed by atoms with Crippen LogP contribution in [0.25, 0.3) is 11.3 Å². The summed E-state index contributed by atoms with van der Waals surface area (Å²) >= 11 is 0. The molecule has 1 heterocycles. The minimum atomic E-state index is -3.79. The highest BCUT2D eigenvalue weighted by Gasteiger charge is 2.19. The summed E-state index contributed by atoms with van der Waals surface area (Å²) in [5.41, 5.74) is 3.29. The van der Waals surface area contributed by atoms with Crippen molar-refractivity contribution >= 4 is 19.7 Å². The normalized spacial score (nSPS) is 11.7. The lowest BCUT2D eigenvalue weighted by Gasteiger charge is -2.06. The van der Waals surface area contributed by atoms with Crippen molar-refractivity contribution in [2.75, 3.05) is 0 Å². The summed E-state index contributed by atoms with van der Waals surface area (Å²) < 4.78 is 22.7. The van der Waals surface area contributed by atoms with Crippen LogP contribution >= 0.6 is 10.7 Å². The molecule has 1 aromatic carbocycles. The summed E-state index contributed by atoms with van der Waals surface area (Å²) in [5, 5.41) is 6.42. The van der Waals surface area contributed by atoms with Gasteiger partial charge in [-0.2, -0.15) is 5.10 Å². The molecule has 4 nitrogen and oxygen atoms in total. The van der Waals surface area contributed by atoms with E-state index in [0.29, 0.717) is 5.69 Å². The Morgan fingerprint density at radius 1 is 1.29 bits per heavy atom. The SMILES string of the molecule is Cc1ccc(-c2[nH]ncc2S(=O)(=O)Cl)c(C)c1. The maximum Gasteiger partial charge on any atom is 0.265 e. The highest BCUT2D eigenvalue weighted by atomic mass is 35.7. The number of nitrogens with one attached hydrogen (secondary N) is 1. The maximum atomic E-state index is 11.4. The highest BCUT2D eigenvalue weighted by molar-refractivity contribution is 8.13. The van der Waals surface area contributed by atoms with Crippen LogP contribution in [-0.4, -0.2) is 18.6 Å². The van der Waals surface area contributed by atoms with Crippen molar-refractivity contribution in [1.29, 1.82) is 0 Å². The standard InChI is InChI=1S/C11H11ClN2O2S/c1-7-3-4-9(8(2)5-7)11-10(6-13-14-11)17(12,15)16/h3-6H,1-2H3,(H,13,14). The Bertz CT molecular complexity index is 662. The van der Waals surface area contributed by atoms with Gasteiger partial charge in [-0.15, -0.1) is 0 Å². The summed E-state index contributed by atoms with van der Waals surface area (Å²) in [4.78, 5) is 0.00567. The summed E-state index contributed by atoms with van der Waals surface area (Å²) in [6.45, 7) is 3.89. The third-order valence-corrected chi connectivity index (χ3v) is 3.85. The lowest BCUT2D eigenvalue weighted by molar-refractivity contribution is 0.610. The molecule has 0 aliphatic carbocycles. The first-order valence-corrected chi connectivity index (χ1v) is 7.26. The molecule has 0 aliphatic heterocycles. The molecule has 6 heteroatoms. The van der Waals surface area contributed by atoms with Gasteiger partial charge in [0.1, 0.15) is 4.90 Å². The molecule has 0 aliphatic rings. The fourth-order valence-corrected chi connectivity index (χ4v) is 2.68. The smallest absolute Gasteiger partial charge is 0.265 e. The van der Waals surface area contributed by atoms with E-state index in [-0.39, 0.29) is 4.90 Å². The van der Waals surface area contributed by atoms with Gasteiger partial charge in [-0.05, 0) is 19.4 Å². The molecule has 0 radical (unpaired) electrons. The van der Waals surface area contributed by atoms with Gasteiger partial charge in [-0.1, -0.05) is 23.8 Å². The molecule has 17 heavy (non-hydrogen) atoms. The van der Waals surface area contributed by atoms with Gasteiger partial charge in [0.05, 0.1) is 11.9 Å². The first-order valence-electron chi connectivity index (χ1n) is 4.95. The molecular weight excluding hydrogens is 260 g/mol. The second-order valence-corrected chi connectivity index (χ2v) is 6.40. The van der Waals surface area contributed by atoms with Crippen LogP contribution in [0.2, 0.25) is 0 Å². The Labute approximate surface area is 104 Å². The van der Waals surface area contributed by atoms with E-state index in [1.165, 1.54) is 6.20 Å². The molecule has 0 amide bonds. The molecule has 2 rings (SSSR count). The number of hydrogen-bond acceptors (Lipinski definition) is 3. The molecule has 2 aromatic rings. The molecule has 0 bridgehead atoms. The Morgan fingerprint density at radius 2 is 2.00 bits per heavy atom. The van der Waals surface area contributed by atoms with E-state index in [4.69, 9.17) is 10.7 Å². The van der Waals surface area contributed by atoms with Gasteiger partial charge in [0.15, 0.2) is 0 Å². The average molecular weight is 271 g/mol. The second-order valence-electron chi connectivity index (χ2n) is 3.87. The number of rotatable bonds is 2.